The van der Waals surface area contributed by atoms with E-state index in [9.17, 15) is 18.0 Å². The Morgan fingerprint density at radius 1 is 1.11 bits per heavy atom. The van der Waals surface area contributed by atoms with Gasteiger partial charge in [-0.1, -0.05) is 12.1 Å². The molecular weight excluding hydrogens is 321 g/mol. The van der Waals surface area contributed by atoms with Crippen molar-refractivity contribution in [2.45, 2.75) is 6.42 Å². The van der Waals surface area contributed by atoms with Crippen LogP contribution in [0.2, 0.25) is 0 Å². The molecule has 0 saturated carbocycles. The van der Waals surface area contributed by atoms with Crippen molar-refractivity contribution >= 4 is 21.7 Å². The molecular formula is C14H8BrF3O. The summed E-state index contributed by atoms with van der Waals surface area (Å²) >= 11 is 2.89. The average molecular weight is 329 g/mol. The SMILES string of the molecule is O=C(Cc1cccc(F)c1)c1c(F)ccc(Br)c1F. The van der Waals surface area contributed by atoms with Crippen molar-refractivity contribution < 1.29 is 18.0 Å². The summed E-state index contributed by atoms with van der Waals surface area (Å²) in [6.45, 7) is 0. The van der Waals surface area contributed by atoms with E-state index in [0.29, 0.717) is 5.56 Å². The summed E-state index contributed by atoms with van der Waals surface area (Å²) in [5.41, 5.74) is -0.248. The predicted octanol–water partition coefficient (Wildman–Crippen LogP) is 4.29. The molecule has 0 unspecified atom stereocenters. The van der Waals surface area contributed by atoms with Crippen LogP contribution in [0.15, 0.2) is 40.9 Å². The number of ketones is 1. The van der Waals surface area contributed by atoms with E-state index < -0.39 is 28.8 Å². The Morgan fingerprint density at radius 3 is 2.53 bits per heavy atom. The fourth-order valence-corrected chi connectivity index (χ4v) is 2.03. The Bertz CT molecular complexity index is 641. The molecule has 0 fully saturated rings. The molecule has 5 heteroatoms. The first-order chi connectivity index (χ1) is 8.99. The lowest BCUT2D eigenvalue weighted by molar-refractivity contribution is 0.0984. The normalized spacial score (nSPS) is 10.5. The third-order valence-corrected chi connectivity index (χ3v) is 3.19. The minimum absolute atomic E-state index is 0.0106. The Balaban J connectivity index is 2.33. The van der Waals surface area contributed by atoms with Gasteiger partial charge in [-0.15, -0.1) is 0 Å². The summed E-state index contributed by atoms with van der Waals surface area (Å²) in [5, 5.41) is 0. The largest absolute Gasteiger partial charge is 0.294 e. The molecule has 0 radical (unpaired) electrons. The van der Waals surface area contributed by atoms with Crippen LogP contribution < -0.4 is 0 Å². The van der Waals surface area contributed by atoms with Gasteiger partial charge in [0.15, 0.2) is 11.6 Å². The highest BCUT2D eigenvalue weighted by molar-refractivity contribution is 9.10. The van der Waals surface area contributed by atoms with E-state index in [4.69, 9.17) is 0 Å². The molecule has 0 aliphatic rings. The highest BCUT2D eigenvalue weighted by atomic mass is 79.9. The minimum Gasteiger partial charge on any atom is -0.294 e. The average Bonchev–Trinajstić information content (AvgIpc) is 2.34. The van der Waals surface area contributed by atoms with Crippen molar-refractivity contribution in [2.24, 2.45) is 0 Å². The Kier molecular flexibility index (Phi) is 4.04. The van der Waals surface area contributed by atoms with Gasteiger partial charge in [-0.3, -0.25) is 4.79 Å². The van der Waals surface area contributed by atoms with Gasteiger partial charge in [-0.25, -0.2) is 13.2 Å². The number of halogens is 4. The van der Waals surface area contributed by atoms with Crippen molar-refractivity contribution in [3.8, 4) is 0 Å². The van der Waals surface area contributed by atoms with Gasteiger partial charge in [0.1, 0.15) is 11.6 Å². The van der Waals surface area contributed by atoms with Crippen molar-refractivity contribution in [1.82, 2.24) is 0 Å². The molecule has 2 aromatic rings. The maximum Gasteiger partial charge on any atom is 0.173 e. The molecule has 19 heavy (non-hydrogen) atoms. The topological polar surface area (TPSA) is 17.1 Å². The second-order valence-electron chi connectivity index (χ2n) is 3.95. The third kappa shape index (κ3) is 3.04. The quantitative estimate of drug-likeness (QED) is 0.606. The van der Waals surface area contributed by atoms with Gasteiger partial charge >= 0.3 is 0 Å². The summed E-state index contributed by atoms with van der Waals surface area (Å²) in [7, 11) is 0. The standard InChI is InChI=1S/C14H8BrF3O/c15-10-4-5-11(17)13(14(10)18)12(19)7-8-2-1-3-9(16)6-8/h1-6H,7H2. The van der Waals surface area contributed by atoms with Crippen LogP contribution in [0, 0.1) is 17.5 Å². The number of carbonyl (C=O) groups excluding carboxylic acids is 1. The first-order valence-electron chi connectivity index (χ1n) is 5.40. The van der Waals surface area contributed by atoms with Crippen molar-refractivity contribution in [2.75, 3.05) is 0 Å². The molecule has 0 heterocycles. The summed E-state index contributed by atoms with van der Waals surface area (Å²) in [6, 6.07) is 7.54. The van der Waals surface area contributed by atoms with Crippen LogP contribution in [-0.2, 0) is 6.42 Å². The van der Waals surface area contributed by atoms with Crippen LogP contribution in [0.5, 0.6) is 0 Å². The lowest BCUT2D eigenvalue weighted by atomic mass is 10.0. The van der Waals surface area contributed by atoms with E-state index >= 15 is 0 Å². The van der Waals surface area contributed by atoms with Gasteiger partial charge in [0.25, 0.3) is 0 Å². The highest BCUT2D eigenvalue weighted by Crippen LogP contribution is 2.23. The van der Waals surface area contributed by atoms with Crippen LogP contribution in [0.25, 0.3) is 0 Å². The van der Waals surface area contributed by atoms with Gasteiger partial charge < -0.3 is 0 Å². The van der Waals surface area contributed by atoms with E-state index in [1.54, 1.807) is 0 Å². The molecule has 0 aliphatic heterocycles. The molecule has 0 aliphatic carbocycles. The van der Waals surface area contributed by atoms with E-state index in [1.807, 2.05) is 0 Å². The van der Waals surface area contributed by atoms with Gasteiger partial charge in [0, 0.05) is 6.42 Å². The third-order valence-electron chi connectivity index (χ3n) is 2.58. The Morgan fingerprint density at radius 2 is 1.84 bits per heavy atom. The van der Waals surface area contributed by atoms with Gasteiger partial charge in [-0.05, 0) is 45.8 Å². The molecule has 0 N–H and O–H groups in total. The fraction of sp³-hybridized carbons (Fsp3) is 0.0714. The molecule has 0 saturated heterocycles. The van der Waals surface area contributed by atoms with E-state index in [-0.39, 0.29) is 10.9 Å². The summed E-state index contributed by atoms with van der Waals surface area (Å²) in [5.74, 6) is -3.11. The number of hydrogen-bond donors (Lipinski definition) is 0. The van der Waals surface area contributed by atoms with Crippen LogP contribution >= 0.6 is 15.9 Å². The van der Waals surface area contributed by atoms with E-state index in [1.165, 1.54) is 24.3 Å². The zero-order chi connectivity index (χ0) is 14.0. The summed E-state index contributed by atoms with van der Waals surface area (Å²) in [4.78, 5) is 11.9. The zero-order valence-electron chi connectivity index (χ0n) is 9.59. The number of carbonyl (C=O) groups is 1. The first kappa shape index (κ1) is 13.8. The number of hydrogen-bond acceptors (Lipinski definition) is 1. The summed E-state index contributed by atoms with van der Waals surface area (Å²) in [6.07, 6.45) is -0.262. The van der Waals surface area contributed by atoms with Crippen molar-refractivity contribution in [3.05, 3.63) is 69.4 Å². The number of Topliss-reactive ketones (excluding diaryl/α,β-unsaturated/α-hetero) is 1. The lowest BCUT2D eigenvalue weighted by Crippen LogP contribution is -2.09. The molecule has 0 bridgehead atoms. The van der Waals surface area contributed by atoms with Crippen LogP contribution in [0.4, 0.5) is 13.2 Å². The minimum atomic E-state index is -0.943. The Hall–Kier alpha value is -1.62. The predicted molar refractivity (Wildman–Crippen MR) is 68.5 cm³/mol. The smallest absolute Gasteiger partial charge is 0.173 e. The molecule has 0 amide bonds. The summed E-state index contributed by atoms with van der Waals surface area (Å²) < 4.78 is 40.2. The van der Waals surface area contributed by atoms with E-state index in [0.717, 1.165) is 12.1 Å². The van der Waals surface area contributed by atoms with Crippen LogP contribution in [-0.4, -0.2) is 5.78 Å². The van der Waals surface area contributed by atoms with E-state index in [2.05, 4.69) is 15.9 Å². The number of rotatable bonds is 3. The second kappa shape index (κ2) is 5.57. The van der Waals surface area contributed by atoms with Gasteiger partial charge in [0.2, 0.25) is 0 Å². The molecule has 2 rings (SSSR count). The molecule has 1 nitrogen and oxygen atoms in total. The monoisotopic (exact) mass is 328 g/mol. The molecule has 2 aromatic carbocycles. The number of benzene rings is 2. The second-order valence-corrected chi connectivity index (χ2v) is 4.80. The van der Waals surface area contributed by atoms with Gasteiger partial charge in [-0.2, -0.15) is 0 Å². The zero-order valence-corrected chi connectivity index (χ0v) is 11.2. The lowest BCUT2D eigenvalue weighted by Gasteiger charge is -2.06. The first-order valence-corrected chi connectivity index (χ1v) is 6.19. The van der Waals surface area contributed by atoms with Crippen molar-refractivity contribution in [1.29, 1.82) is 0 Å². The fourth-order valence-electron chi connectivity index (χ4n) is 1.70. The van der Waals surface area contributed by atoms with Crippen LogP contribution in [0.3, 0.4) is 0 Å². The van der Waals surface area contributed by atoms with Gasteiger partial charge in [0.05, 0.1) is 10.0 Å². The molecule has 0 spiro atoms. The van der Waals surface area contributed by atoms with Crippen LogP contribution in [0.1, 0.15) is 15.9 Å². The Labute approximate surface area is 116 Å². The molecule has 98 valence electrons. The van der Waals surface area contributed by atoms with Crippen molar-refractivity contribution in [3.63, 3.8) is 0 Å². The molecule has 0 aromatic heterocycles. The maximum absolute atomic E-state index is 13.7. The molecule has 0 atom stereocenters. The maximum atomic E-state index is 13.7. The highest BCUT2D eigenvalue weighted by Gasteiger charge is 2.19.